The number of carbonyl (C=O) groups is 2. The molecule has 1 N–H and O–H groups in total. The van der Waals surface area contributed by atoms with Crippen LogP contribution in [0, 0.1) is 0 Å². The van der Waals surface area contributed by atoms with Crippen molar-refractivity contribution in [3.63, 3.8) is 0 Å². The van der Waals surface area contributed by atoms with Crippen LogP contribution in [0.2, 0.25) is 0 Å². The number of ether oxygens (including phenoxy) is 1. The molecule has 7 heteroatoms. The second-order valence-electron chi connectivity index (χ2n) is 6.32. The lowest BCUT2D eigenvalue weighted by Crippen LogP contribution is -2.36. The minimum Gasteiger partial charge on any atom is -0.454 e. The van der Waals surface area contributed by atoms with Crippen LogP contribution in [0.4, 0.5) is 0 Å². The van der Waals surface area contributed by atoms with Crippen LogP contribution in [-0.2, 0) is 20.9 Å². The predicted molar refractivity (Wildman–Crippen MR) is 98.7 cm³/mol. The number of benzene rings is 1. The molecule has 140 valence electrons. The van der Waals surface area contributed by atoms with E-state index in [9.17, 15) is 14.4 Å². The topological polar surface area (TPSA) is 90.3 Å². The maximum Gasteiger partial charge on any atom is 0.326 e. The summed E-state index contributed by atoms with van der Waals surface area (Å²) in [5, 5.41) is 3.23. The molecule has 1 aromatic carbocycles. The van der Waals surface area contributed by atoms with Gasteiger partial charge in [-0.15, -0.1) is 0 Å². The quantitative estimate of drug-likeness (QED) is 0.546. The van der Waals surface area contributed by atoms with Gasteiger partial charge in [-0.2, -0.15) is 0 Å². The first kappa shape index (κ1) is 19.6. The summed E-state index contributed by atoms with van der Waals surface area (Å²) in [5.41, 5.74) is 0.250. The predicted octanol–water partition coefficient (Wildman–Crippen LogP) is 2.02. The van der Waals surface area contributed by atoms with Gasteiger partial charge in [-0.3, -0.25) is 19.0 Å². The molecule has 1 aromatic heterocycles. The van der Waals surface area contributed by atoms with E-state index in [1.165, 1.54) is 10.9 Å². The molecule has 1 amide bonds. The van der Waals surface area contributed by atoms with Gasteiger partial charge in [-0.05, 0) is 25.5 Å². The number of amides is 1. The number of rotatable bonds is 9. The summed E-state index contributed by atoms with van der Waals surface area (Å²) >= 11 is 0. The standard InChI is InChI=1S/C19H25N3O4/c1-3-4-5-8-14(2)21-17(23)12-26-18(24)11-22-13-20-16-10-7-6-9-15(16)19(22)25/h6-7,9-10,13-14H,3-5,8,11-12H2,1-2H3,(H,21,23)/t14-/m1/s1. The van der Waals surface area contributed by atoms with E-state index in [2.05, 4.69) is 17.2 Å². The number of fused-ring (bicyclic) bond motifs is 1. The lowest BCUT2D eigenvalue weighted by Gasteiger charge is -2.13. The summed E-state index contributed by atoms with van der Waals surface area (Å²) in [6, 6.07) is 6.95. The summed E-state index contributed by atoms with van der Waals surface area (Å²) in [5.74, 6) is -0.996. The fourth-order valence-corrected chi connectivity index (χ4v) is 2.64. The number of esters is 1. The largest absolute Gasteiger partial charge is 0.454 e. The third-order valence-corrected chi connectivity index (χ3v) is 4.04. The molecule has 0 saturated carbocycles. The summed E-state index contributed by atoms with van der Waals surface area (Å²) in [7, 11) is 0. The third-order valence-electron chi connectivity index (χ3n) is 4.04. The zero-order valence-corrected chi connectivity index (χ0v) is 15.2. The summed E-state index contributed by atoms with van der Waals surface area (Å²) in [6.45, 7) is 3.41. The van der Waals surface area contributed by atoms with Crippen LogP contribution in [0.15, 0.2) is 35.4 Å². The van der Waals surface area contributed by atoms with Crippen molar-refractivity contribution in [1.29, 1.82) is 0 Å². The van der Waals surface area contributed by atoms with Crippen molar-refractivity contribution in [2.75, 3.05) is 6.61 Å². The number of nitrogens with zero attached hydrogens (tertiary/aromatic N) is 2. The molecule has 0 bridgehead atoms. The number of nitrogens with one attached hydrogen (secondary N) is 1. The van der Waals surface area contributed by atoms with Crippen LogP contribution in [-0.4, -0.2) is 34.1 Å². The molecule has 1 heterocycles. The molecule has 0 saturated heterocycles. The minimum atomic E-state index is -0.655. The minimum absolute atomic E-state index is 0.0417. The van der Waals surface area contributed by atoms with Gasteiger partial charge in [0.2, 0.25) is 0 Å². The van der Waals surface area contributed by atoms with Crippen molar-refractivity contribution in [3.05, 3.63) is 40.9 Å². The summed E-state index contributed by atoms with van der Waals surface area (Å²) in [6.07, 6.45) is 5.51. The Kier molecular flexibility index (Phi) is 7.32. The first-order chi connectivity index (χ1) is 12.5. The van der Waals surface area contributed by atoms with Gasteiger partial charge < -0.3 is 10.1 Å². The smallest absolute Gasteiger partial charge is 0.326 e. The molecule has 1 atom stereocenters. The Balaban J connectivity index is 1.83. The fourth-order valence-electron chi connectivity index (χ4n) is 2.64. The highest BCUT2D eigenvalue weighted by Crippen LogP contribution is 2.05. The molecule has 0 unspecified atom stereocenters. The number of hydrogen-bond acceptors (Lipinski definition) is 5. The number of unbranched alkanes of at least 4 members (excludes halogenated alkanes) is 2. The van der Waals surface area contributed by atoms with E-state index in [1.54, 1.807) is 24.3 Å². The molecular weight excluding hydrogens is 334 g/mol. The summed E-state index contributed by atoms with van der Waals surface area (Å²) < 4.78 is 6.14. The third kappa shape index (κ3) is 5.68. The van der Waals surface area contributed by atoms with Crippen molar-refractivity contribution in [3.8, 4) is 0 Å². The number of aromatic nitrogens is 2. The van der Waals surface area contributed by atoms with Crippen molar-refractivity contribution in [2.45, 2.75) is 52.1 Å². The Labute approximate surface area is 152 Å². The van der Waals surface area contributed by atoms with E-state index < -0.39 is 5.97 Å². The van der Waals surface area contributed by atoms with E-state index in [4.69, 9.17) is 4.74 Å². The van der Waals surface area contributed by atoms with Crippen molar-refractivity contribution in [2.24, 2.45) is 0 Å². The molecular formula is C19H25N3O4. The molecule has 26 heavy (non-hydrogen) atoms. The van der Waals surface area contributed by atoms with Crippen LogP contribution in [0.5, 0.6) is 0 Å². The molecule has 0 aliphatic rings. The van der Waals surface area contributed by atoms with E-state index >= 15 is 0 Å². The number of carbonyl (C=O) groups excluding carboxylic acids is 2. The highest BCUT2D eigenvalue weighted by molar-refractivity contribution is 5.81. The Hall–Kier alpha value is -2.70. The normalized spacial score (nSPS) is 11.9. The zero-order valence-electron chi connectivity index (χ0n) is 15.2. The second-order valence-corrected chi connectivity index (χ2v) is 6.32. The van der Waals surface area contributed by atoms with Crippen LogP contribution < -0.4 is 10.9 Å². The maximum absolute atomic E-state index is 12.3. The molecule has 2 aromatic rings. The van der Waals surface area contributed by atoms with Gasteiger partial charge in [0.05, 0.1) is 17.2 Å². The van der Waals surface area contributed by atoms with Crippen molar-refractivity contribution >= 4 is 22.8 Å². The van der Waals surface area contributed by atoms with E-state index in [1.807, 2.05) is 6.92 Å². The highest BCUT2D eigenvalue weighted by atomic mass is 16.5. The lowest BCUT2D eigenvalue weighted by atomic mass is 10.1. The first-order valence-corrected chi connectivity index (χ1v) is 8.90. The van der Waals surface area contributed by atoms with Gasteiger partial charge in [0.1, 0.15) is 6.54 Å². The van der Waals surface area contributed by atoms with Gasteiger partial charge in [-0.25, -0.2) is 4.98 Å². The average molecular weight is 359 g/mol. The van der Waals surface area contributed by atoms with Crippen molar-refractivity contribution < 1.29 is 14.3 Å². The monoisotopic (exact) mass is 359 g/mol. The molecule has 7 nitrogen and oxygen atoms in total. The van der Waals surface area contributed by atoms with Gasteiger partial charge in [-0.1, -0.05) is 38.3 Å². The average Bonchev–Trinajstić information content (AvgIpc) is 2.63. The summed E-state index contributed by atoms with van der Waals surface area (Å²) in [4.78, 5) is 40.2. The first-order valence-electron chi connectivity index (χ1n) is 8.90. The number of hydrogen-bond donors (Lipinski definition) is 1. The zero-order chi connectivity index (χ0) is 18.9. The second kappa shape index (κ2) is 9.70. The Morgan fingerprint density at radius 3 is 2.81 bits per heavy atom. The van der Waals surface area contributed by atoms with E-state index in [0.29, 0.717) is 10.9 Å². The van der Waals surface area contributed by atoms with E-state index in [-0.39, 0.29) is 30.7 Å². The van der Waals surface area contributed by atoms with Gasteiger partial charge in [0, 0.05) is 6.04 Å². The van der Waals surface area contributed by atoms with Gasteiger partial charge in [0.25, 0.3) is 11.5 Å². The fraction of sp³-hybridized carbons (Fsp3) is 0.474. The van der Waals surface area contributed by atoms with Gasteiger partial charge >= 0.3 is 5.97 Å². The molecule has 0 spiro atoms. The van der Waals surface area contributed by atoms with E-state index in [0.717, 1.165) is 25.7 Å². The Morgan fingerprint density at radius 2 is 2.04 bits per heavy atom. The molecule has 0 fully saturated rings. The highest BCUT2D eigenvalue weighted by Gasteiger charge is 2.12. The van der Waals surface area contributed by atoms with Crippen LogP contribution in [0.1, 0.15) is 39.5 Å². The van der Waals surface area contributed by atoms with Crippen LogP contribution >= 0.6 is 0 Å². The SMILES string of the molecule is CCCCC[C@@H](C)NC(=O)COC(=O)Cn1cnc2ccccc2c1=O. The molecule has 0 aliphatic carbocycles. The maximum atomic E-state index is 12.3. The van der Waals surface area contributed by atoms with Gasteiger partial charge in [0.15, 0.2) is 6.61 Å². The molecule has 0 radical (unpaired) electrons. The molecule has 2 rings (SSSR count). The number of para-hydroxylation sites is 1. The van der Waals surface area contributed by atoms with Crippen LogP contribution in [0.3, 0.4) is 0 Å². The lowest BCUT2D eigenvalue weighted by molar-refractivity contribution is -0.149. The Bertz CT molecular complexity index is 816. The van der Waals surface area contributed by atoms with Crippen LogP contribution in [0.25, 0.3) is 10.9 Å². The Morgan fingerprint density at radius 1 is 1.27 bits per heavy atom. The van der Waals surface area contributed by atoms with Crippen molar-refractivity contribution in [1.82, 2.24) is 14.9 Å². The molecule has 0 aliphatic heterocycles.